The van der Waals surface area contributed by atoms with Gasteiger partial charge in [0.05, 0.1) is 0 Å². The van der Waals surface area contributed by atoms with Crippen LogP contribution in [0.5, 0.6) is 0 Å². The standard InChI is InChI=1S/C2H4F2O3S.Na/c3-2(4,1-5)8(6)7;/h5H,1H2,(H,6,7);/q;+1/p-1. The van der Waals surface area contributed by atoms with Gasteiger partial charge in [-0.25, -0.2) is 0 Å². The number of hydrogen-bond donors (Lipinski definition) is 1. The van der Waals surface area contributed by atoms with Crippen LogP contribution in [0.1, 0.15) is 0 Å². The van der Waals surface area contributed by atoms with Gasteiger partial charge in [0, 0.05) is 11.1 Å². The van der Waals surface area contributed by atoms with Crippen LogP contribution in [0, 0.1) is 0 Å². The molecule has 0 aromatic carbocycles. The molecule has 0 saturated carbocycles. The van der Waals surface area contributed by atoms with E-state index < -0.39 is 22.9 Å². The van der Waals surface area contributed by atoms with Gasteiger partial charge in [-0.05, 0) is 0 Å². The van der Waals surface area contributed by atoms with Crippen molar-refractivity contribution in [2.75, 3.05) is 6.61 Å². The summed E-state index contributed by atoms with van der Waals surface area (Å²) >= 11 is -3.51. The first kappa shape index (κ1) is 12.6. The summed E-state index contributed by atoms with van der Waals surface area (Å²) in [5, 5.41) is 3.64. The number of aliphatic hydroxyl groups is 1. The first-order valence-electron chi connectivity index (χ1n) is 1.59. The summed E-state index contributed by atoms with van der Waals surface area (Å²) in [4.78, 5) is 0. The van der Waals surface area contributed by atoms with E-state index in [1.54, 1.807) is 0 Å². The largest absolute Gasteiger partial charge is 1.00 e. The molecule has 0 saturated heterocycles. The molecule has 1 unspecified atom stereocenters. The normalized spacial score (nSPS) is 14.2. The van der Waals surface area contributed by atoms with E-state index in [9.17, 15) is 17.5 Å². The molecule has 1 atom stereocenters. The minimum absolute atomic E-state index is 0. The summed E-state index contributed by atoms with van der Waals surface area (Å²) in [6.45, 7) is -1.66. The zero-order chi connectivity index (χ0) is 6.78. The summed E-state index contributed by atoms with van der Waals surface area (Å²) in [6, 6.07) is 0. The van der Waals surface area contributed by atoms with Crippen molar-refractivity contribution < 1.29 is 52.2 Å². The molecular weight excluding hydrogens is 165 g/mol. The molecule has 0 heterocycles. The first-order valence-corrected chi connectivity index (χ1v) is 2.66. The van der Waals surface area contributed by atoms with E-state index in [4.69, 9.17) is 5.11 Å². The van der Waals surface area contributed by atoms with Crippen LogP contribution in [-0.2, 0) is 11.1 Å². The van der Waals surface area contributed by atoms with Gasteiger partial charge in [0.1, 0.15) is 6.61 Å². The molecule has 0 aromatic heterocycles. The Labute approximate surface area is 75.0 Å². The van der Waals surface area contributed by atoms with Crippen molar-refractivity contribution in [3.05, 3.63) is 0 Å². The van der Waals surface area contributed by atoms with Crippen LogP contribution in [-0.4, -0.2) is 25.7 Å². The molecule has 0 amide bonds. The second-order valence-electron chi connectivity index (χ2n) is 1.03. The van der Waals surface area contributed by atoms with Crippen molar-refractivity contribution in [1.82, 2.24) is 0 Å². The second-order valence-corrected chi connectivity index (χ2v) is 2.10. The third-order valence-electron chi connectivity index (χ3n) is 0.428. The minimum Gasteiger partial charge on any atom is -0.768 e. The van der Waals surface area contributed by atoms with Gasteiger partial charge in [-0.3, -0.25) is 4.21 Å². The maximum atomic E-state index is 11.4. The maximum Gasteiger partial charge on any atom is 1.00 e. The zero-order valence-electron chi connectivity index (χ0n) is 4.63. The molecule has 0 spiro atoms. The Morgan fingerprint density at radius 2 is 2.00 bits per heavy atom. The molecule has 50 valence electrons. The van der Waals surface area contributed by atoms with Crippen molar-refractivity contribution in [3.8, 4) is 0 Å². The van der Waals surface area contributed by atoms with E-state index in [0.29, 0.717) is 0 Å². The van der Waals surface area contributed by atoms with Crippen LogP contribution in [0.15, 0.2) is 0 Å². The molecule has 0 aliphatic rings. The molecular formula is C2H3F2NaO3S. The van der Waals surface area contributed by atoms with Gasteiger partial charge in [0.15, 0.2) is 0 Å². The van der Waals surface area contributed by atoms with E-state index in [1.807, 2.05) is 0 Å². The smallest absolute Gasteiger partial charge is 0.768 e. The average molecular weight is 168 g/mol. The van der Waals surface area contributed by atoms with Gasteiger partial charge < -0.3 is 9.66 Å². The van der Waals surface area contributed by atoms with Gasteiger partial charge in [0.25, 0.3) is 0 Å². The van der Waals surface area contributed by atoms with E-state index in [2.05, 4.69) is 0 Å². The minimum atomic E-state index is -3.99. The summed E-state index contributed by atoms with van der Waals surface area (Å²) in [5.74, 6) is 0. The van der Waals surface area contributed by atoms with Crippen molar-refractivity contribution in [1.29, 1.82) is 0 Å². The van der Waals surface area contributed by atoms with Gasteiger partial charge in [0.2, 0.25) is 0 Å². The van der Waals surface area contributed by atoms with Crippen LogP contribution in [0.3, 0.4) is 0 Å². The summed E-state index contributed by atoms with van der Waals surface area (Å²) in [5.41, 5.74) is 0. The van der Waals surface area contributed by atoms with Gasteiger partial charge in [-0.1, -0.05) is 0 Å². The van der Waals surface area contributed by atoms with E-state index in [0.717, 1.165) is 0 Å². The Kier molecular flexibility index (Phi) is 6.58. The number of hydrogen-bond acceptors (Lipinski definition) is 3. The van der Waals surface area contributed by atoms with Crippen LogP contribution < -0.4 is 29.6 Å². The third kappa shape index (κ3) is 4.35. The fraction of sp³-hybridized carbons (Fsp3) is 1.00. The Morgan fingerprint density at radius 3 is 2.00 bits per heavy atom. The molecule has 7 heteroatoms. The van der Waals surface area contributed by atoms with Crippen molar-refractivity contribution in [2.45, 2.75) is 5.25 Å². The summed E-state index contributed by atoms with van der Waals surface area (Å²) in [6.07, 6.45) is 0. The molecule has 0 aromatic rings. The van der Waals surface area contributed by atoms with Crippen LogP contribution in [0.4, 0.5) is 8.78 Å². The fourth-order valence-electron chi connectivity index (χ4n) is 0.0527. The van der Waals surface area contributed by atoms with E-state index >= 15 is 0 Å². The number of rotatable bonds is 2. The zero-order valence-corrected chi connectivity index (χ0v) is 7.45. The maximum absolute atomic E-state index is 11.4. The number of alkyl halides is 2. The number of aliphatic hydroxyl groups excluding tert-OH is 1. The molecule has 0 radical (unpaired) electrons. The van der Waals surface area contributed by atoms with E-state index in [1.165, 1.54) is 0 Å². The molecule has 0 aliphatic carbocycles. The first-order chi connectivity index (χ1) is 3.50. The van der Waals surface area contributed by atoms with Gasteiger partial charge >= 0.3 is 34.8 Å². The third-order valence-corrected chi connectivity index (χ3v) is 1.04. The van der Waals surface area contributed by atoms with Crippen molar-refractivity contribution >= 4 is 11.1 Å². The topological polar surface area (TPSA) is 60.4 Å². The average Bonchev–Trinajstić information content (AvgIpc) is 1.67. The Balaban J connectivity index is 0. The molecule has 0 fully saturated rings. The molecule has 0 bridgehead atoms. The SMILES string of the molecule is O=S([O-])C(F)(F)CO.[Na+]. The predicted octanol–water partition coefficient (Wildman–Crippen LogP) is -3.55. The monoisotopic (exact) mass is 168 g/mol. The quantitative estimate of drug-likeness (QED) is 0.343. The van der Waals surface area contributed by atoms with Crippen LogP contribution in [0.25, 0.3) is 0 Å². The Hall–Kier alpha value is 0.930. The number of halogens is 2. The summed E-state index contributed by atoms with van der Waals surface area (Å²) < 4.78 is 41.5. The van der Waals surface area contributed by atoms with Crippen LogP contribution >= 0.6 is 0 Å². The van der Waals surface area contributed by atoms with E-state index in [-0.39, 0.29) is 29.6 Å². The van der Waals surface area contributed by atoms with Gasteiger partial charge in [-0.15, -0.1) is 0 Å². The Morgan fingerprint density at radius 1 is 1.67 bits per heavy atom. The molecule has 1 N–H and O–H groups in total. The molecule has 0 aliphatic heterocycles. The Bertz CT molecular complexity index is 108. The predicted molar refractivity (Wildman–Crippen MR) is 21.0 cm³/mol. The summed E-state index contributed by atoms with van der Waals surface area (Å²) in [7, 11) is 0. The van der Waals surface area contributed by atoms with Crippen molar-refractivity contribution in [3.63, 3.8) is 0 Å². The molecule has 9 heavy (non-hydrogen) atoms. The molecule has 3 nitrogen and oxygen atoms in total. The fourth-order valence-corrected chi connectivity index (χ4v) is 0.158. The van der Waals surface area contributed by atoms with Crippen molar-refractivity contribution in [2.24, 2.45) is 0 Å². The molecule has 0 rings (SSSR count). The van der Waals surface area contributed by atoms with Gasteiger partial charge in [-0.2, -0.15) is 8.78 Å². The second kappa shape index (κ2) is 4.70. The van der Waals surface area contributed by atoms with Crippen LogP contribution in [0.2, 0.25) is 0 Å².